The van der Waals surface area contributed by atoms with Crippen molar-refractivity contribution in [2.45, 2.75) is 49.7 Å². The number of esters is 1. The fourth-order valence-corrected chi connectivity index (χ4v) is 5.90. The van der Waals surface area contributed by atoms with Crippen LogP contribution in [0.3, 0.4) is 0 Å². The second kappa shape index (κ2) is 12.3. The van der Waals surface area contributed by atoms with E-state index in [9.17, 15) is 26.7 Å². The second-order valence-corrected chi connectivity index (χ2v) is 11.4. The number of thioether (sulfide) groups is 1. The molecule has 15 heteroatoms. The van der Waals surface area contributed by atoms with Gasteiger partial charge in [0.05, 0.1) is 24.1 Å². The molecule has 0 saturated heterocycles. The maximum atomic E-state index is 14.2. The fraction of sp³-hybridized carbons (Fsp3) is 0.323. The third kappa shape index (κ3) is 6.55. The number of rotatable bonds is 9. The zero-order chi connectivity index (χ0) is 32.6. The smallest absolute Gasteiger partial charge is 0.484 e. The van der Waals surface area contributed by atoms with E-state index in [1.54, 1.807) is 24.5 Å². The van der Waals surface area contributed by atoms with Crippen molar-refractivity contribution >= 4 is 17.7 Å². The molecule has 2 aromatic heterocycles. The van der Waals surface area contributed by atoms with Gasteiger partial charge in [-0.15, -0.1) is 20.5 Å². The summed E-state index contributed by atoms with van der Waals surface area (Å²) in [4.78, 5) is 16.1. The molecule has 2 aromatic carbocycles. The molecule has 0 saturated carbocycles. The number of ether oxygens (including phenoxy) is 5. The van der Waals surface area contributed by atoms with Crippen LogP contribution < -0.4 is 18.9 Å². The van der Waals surface area contributed by atoms with E-state index in [2.05, 4.69) is 19.6 Å². The van der Waals surface area contributed by atoms with Gasteiger partial charge in [-0.1, -0.05) is 6.07 Å². The van der Waals surface area contributed by atoms with Gasteiger partial charge in [-0.2, -0.15) is 18.3 Å². The Balaban J connectivity index is 1.27. The van der Waals surface area contributed by atoms with E-state index in [1.807, 2.05) is 0 Å². The van der Waals surface area contributed by atoms with Gasteiger partial charge in [0.25, 0.3) is 0 Å². The van der Waals surface area contributed by atoms with Crippen molar-refractivity contribution in [3.05, 3.63) is 88.9 Å². The van der Waals surface area contributed by atoms with Crippen LogP contribution in [0.25, 0.3) is 5.69 Å². The van der Waals surface area contributed by atoms with Crippen LogP contribution in [0.5, 0.6) is 23.1 Å². The van der Waals surface area contributed by atoms with E-state index in [0.29, 0.717) is 29.7 Å². The van der Waals surface area contributed by atoms with Crippen LogP contribution in [0.1, 0.15) is 51.8 Å². The Morgan fingerprint density at radius 2 is 1.87 bits per heavy atom. The predicted octanol–water partition coefficient (Wildman–Crippen LogP) is 7.16. The Hall–Kier alpha value is -4.53. The molecule has 2 unspecified atom stereocenters. The number of pyridine rings is 1. The van der Waals surface area contributed by atoms with Crippen molar-refractivity contribution < 1.29 is 50.4 Å². The van der Waals surface area contributed by atoms with Gasteiger partial charge < -0.3 is 23.7 Å². The summed E-state index contributed by atoms with van der Waals surface area (Å²) < 4.78 is 96.6. The Morgan fingerprint density at radius 1 is 1.11 bits per heavy atom. The van der Waals surface area contributed by atoms with E-state index in [0.717, 1.165) is 0 Å². The number of fused-ring (bicyclic) bond motifs is 2. The second-order valence-electron chi connectivity index (χ2n) is 10.4. The topological polar surface area (TPSA) is 93.9 Å². The molecule has 0 amide bonds. The van der Waals surface area contributed by atoms with E-state index in [1.165, 1.54) is 66.1 Å². The van der Waals surface area contributed by atoms with Crippen LogP contribution in [0.2, 0.25) is 0 Å². The minimum atomic E-state index is -4.70. The number of carbonyl (C=O) groups excluding carboxylic acids is 1. The number of alkyl halides is 5. The Labute approximate surface area is 263 Å². The molecular formula is C31H26F5N3O6S. The molecule has 4 aromatic rings. The SMILES string of the molecule is COC(=O)c1ccc(OC2CCCc3c(C(F)(F)F)nn(-c4ccnc(OC(Cc5ccc6c(c5)OC(F)(F)O6)SC)c4)c32)cc1. The Morgan fingerprint density at radius 3 is 2.59 bits per heavy atom. The first kappa shape index (κ1) is 31.5. The third-order valence-electron chi connectivity index (χ3n) is 7.39. The van der Waals surface area contributed by atoms with Crippen molar-refractivity contribution in [2.75, 3.05) is 13.4 Å². The number of nitrogens with zero attached hydrogens (tertiary/aromatic N) is 3. The molecule has 1 aliphatic heterocycles. The standard InChI is InChI=1S/C31H26F5N3O6S/c1-41-29(40)18-7-9-20(10-8-18)42-23-5-3-4-21-27(23)39(38-28(21)30(32,33)34)19-12-13-37-25(16-19)43-26(46-2)15-17-6-11-22-24(14-17)45-31(35,36)44-22/h6-14,16,23,26H,3-5,15H2,1-2H3. The number of aromatic nitrogens is 3. The van der Waals surface area contributed by atoms with Crippen molar-refractivity contribution in [2.24, 2.45) is 0 Å². The van der Waals surface area contributed by atoms with Crippen molar-refractivity contribution in [3.63, 3.8) is 0 Å². The zero-order valence-corrected chi connectivity index (χ0v) is 25.2. The fourth-order valence-electron chi connectivity index (χ4n) is 5.35. The number of carbonyl (C=O) groups is 1. The molecule has 2 aliphatic rings. The minimum absolute atomic E-state index is 0.0459. The first-order valence-electron chi connectivity index (χ1n) is 14.0. The lowest BCUT2D eigenvalue weighted by Gasteiger charge is -2.26. The summed E-state index contributed by atoms with van der Waals surface area (Å²) in [7, 11) is 1.26. The van der Waals surface area contributed by atoms with Crippen molar-refractivity contribution in [3.8, 4) is 28.8 Å². The van der Waals surface area contributed by atoms with Crippen LogP contribution in [-0.2, 0) is 23.8 Å². The Bertz CT molecular complexity index is 1750. The van der Waals surface area contributed by atoms with Crippen LogP contribution in [0.4, 0.5) is 22.0 Å². The van der Waals surface area contributed by atoms with E-state index in [-0.39, 0.29) is 47.2 Å². The molecule has 0 spiro atoms. The summed E-state index contributed by atoms with van der Waals surface area (Å²) in [6.07, 6.45) is -4.71. The van der Waals surface area contributed by atoms with Gasteiger partial charge >= 0.3 is 18.4 Å². The van der Waals surface area contributed by atoms with Crippen LogP contribution >= 0.6 is 11.8 Å². The molecule has 0 N–H and O–H groups in total. The highest BCUT2D eigenvalue weighted by Gasteiger charge is 2.44. The maximum absolute atomic E-state index is 14.2. The zero-order valence-electron chi connectivity index (χ0n) is 24.3. The van der Waals surface area contributed by atoms with Gasteiger partial charge in [-0.25, -0.2) is 14.5 Å². The molecule has 3 heterocycles. The summed E-state index contributed by atoms with van der Waals surface area (Å²) in [5.74, 6) is -0.220. The summed E-state index contributed by atoms with van der Waals surface area (Å²) in [5.41, 5.74) is -0.0199. The highest BCUT2D eigenvalue weighted by atomic mass is 32.2. The maximum Gasteiger partial charge on any atom is 0.586 e. The normalized spacial score (nSPS) is 17.2. The summed E-state index contributed by atoms with van der Waals surface area (Å²) >= 11 is 1.33. The molecule has 0 bridgehead atoms. The molecule has 242 valence electrons. The monoisotopic (exact) mass is 663 g/mol. The van der Waals surface area contributed by atoms with Gasteiger partial charge in [0, 0.05) is 24.2 Å². The number of halogens is 5. The molecule has 2 atom stereocenters. The number of methoxy groups -OCH3 is 1. The highest BCUT2D eigenvalue weighted by molar-refractivity contribution is 7.99. The van der Waals surface area contributed by atoms with Crippen LogP contribution in [-0.4, -0.2) is 45.8 Å². The molecule has 9 nitrogen and oxygen atoms in total. The van der Waals surface area contributed by atoms with Gasteiger partial charge in [-0.05, 0) is 73.5 Å². The van der Waals surface area contributed by atoms with Gasteiger partial charge in [0.1, 0.15) is 17.3 Å². The number of hydrogen-bond donors (Lipinski definition) is 0. The lowest BCUT2D eigenvalue weighted by atomic mass is 9.93. The van der Waals surface area contributed by atoms with Crippen molar-refractivity contribution in [1.29, 1.82) is 0 Å². The molecule has 1 aliphatic carbocycles. The third-order valence-corrected chi connectivity index (χ3v) is 8.18. The summed E-state index contributed by atoms with van der Waals surface area (Å²) in [5, 5.41) is 4.00. The predicted molar refractivity (Wildman–Crippen MR) is 155 cm³/mol. The molecule has 6 rings (SSSR count). The van der Waals surface area contributed by atoms with E-state index < -0.39 is 35.7 Å². The number of hydrogen-bond acceptors (Lipinski definition) is 9. The first-order chi connectivity index (χ1) is 21.9. The summed E-state index contributed by atoms with van der Waals surface area (Å²) in [6, 6.07) is 13.6. The largest absolute Gasteiger partial charge is 0.586 e. The lowest BCUT2D eigenvalue weighted by Crippen LogP contribution is -2.25. The lowest BCUT2D eigenvalue weighted by molar-refractivity contribution is -0.286. The van der Waals surface area contributed by atoms with Gasteiger partial charge in [0.15, 0.2) is 17.2 Å². The average Bonchev–Trinajstić information content (AvgIpc) is 3.58. The average molecular weight is 664 g/mol. The van der Waals surface area contributed by atoms with E-state index >= 15 is 0 Å². The quantitative estimate of drug-likeness (QED) is 0.105. The molecule has 46 heavy (non-hydrogen) atoms. The number of benzene rings is 2. The van der Waals surface area contributed by atoms with Gasteiger partial charge in [0.2, 0.25) is 5.88 Å². The Kier molecular flexibility index (Phi) is 8.44. The molecule has 0 fully saturated rings. The highest BCUT2D eigenvalue weighted by Crippen LogP contribution is 2.43. The molecule has 0 radical (unpaired) electrons. The summed E-state index contributed by atoms with van der Waals surface area (Å²) in [6.45, 7) is 0. The van der Waals surface area contributed by atoms with Crippen molar-refractivity contribution in [1.82, 2.24) is 14.8 Å². The minimum Gasteiger partial charge on any atom is -0.484 e. The van der Waals surface area contributed by atoms with Crippen LogP contribution in [0.15, 0.2) is 60.8 Å². The molecular weight excluding hydrogens is 637 g/mol. The van der Waals surface area contributed by atoms with Crippen LogP contribution in [0, 0.1) is 0 Å². The van der Waals surface area contributed by atoms with Gasteiger partial charge in [-0.3, -0.25) is 0 Å². The van der Waals surface area contributed by atoms with E-state index in [4.69, 9.17) is 14.2 Å². The first-order valence-corrected chi connectivity index (χ1v) is 15.3.